The molecule has 25 heavy (non-hydrogen) atoms. The summed E-state index contributed by atoms with van der Waals surface area (Å²) in [5, 5.41) is 1.03. The molecule has 1 rings (SSSR count). The number of hydrogen-bond acceptors (Lipinski definition) is 1. The molecule has 2 nitrogen and oxygen atoms in total. The van der Waals surface area contributed by atoms with Gasteiger partial charge in [-0.2, -0.15) is 0 Å². The molecule has 0 atom stereocenters. The number of carbonyl (C=O) groups excluding carboxylic acids is 1. The maximum atomic E-state index is 12.6. The summed E-state index contributed by atoms with van der Waals surface area (Å²) in [5.41, 5.74) is 0.889. The van der Waals surface area contributed by atoms with Gasteiger partial charge in [0, 0.05) is 19.2 Å². The summed E-state index contributed by atoms with van der Waals surface area (Å²) in [7, 11) is 0. The Hall–Kier alpha value is -0.990. The number of halogens is 2. The molecule has 0 aliphatic carbocycles. The van der Waals surface area contributed by atoms with Gasteiger partial charge in [0.05, 0.1) is 10.0 Å². The third-order valence-corrected chi connectivity index (χ3v) is 4.98. The Morgan fingerprint density at radius 3 is 2.04 bits per heavy atom. The highest BCUT2D eigenvalue weighted by Crippen LogP contribution is 2.23. The standard InChI is InChI=1S/C21H31Cl2NO/c1-3-5-7-9-15-24(16-10-8-6-4-2)21(25)14-12-18-11-13-19(22)20(23)17-18/h11-14,17H,3-10,15-16H2,1-2H3/b14-12+. The van der Waals surface area contributed by atoms with Crippen LogP contribution in [0, 0.1) is 0 Å². The fourth-order valence-corrected chi connectivity index (χ4v) is 2.99. The third-order valence-electron chi connectivity index (χ3n) is 4.24. The van der Waals surface area contributed by atoms with Crippen molar-refractivity contribution >= 4 is 35.2 Å². The minimum absolute atomic E-state index is 0.0825. The third kappa shape index (κ3) is 9.32. The fourth-order valence-electron chi connectivity index (χ4n) is 2.68. The quantitative estimate of drug-likeness (QED) is 0.281. The second kappa shape index (κ2) is 13.2. The molecule has 1 aromatic rings. The fraction of sp³-hybridized carbons (Fsp3) is 0.571. The summed E-state index contributed by atoms with van der Waals surface area (Å²) in [5.74, 6) is 0.0825. The minimum atomic E-state index is 0.0825. The smallest absolute Gasteiger partial charge is 0.246 e. The van der Waals surface area contributed by atoms with Gasteiger partial charge in [0.25, 0.3) is 0 Å². The van der Waals surface area contributed by atoms with Crippen LogP contribution in [0.15, 0.2) is 24.3 Å². The summed E-state index contributed by atoms with van der Waals surface area (Å²) in [4.78, 5) is 14.6. The molecule has 4 heteroatoms. The number of benzene rings is 1. The highest BCUT2D eigenvalue weighted by molar-refractivity contribution is 6.42. The van der Waals surface area contributed by atoms with Crippen LogP contribution in [0.3, 0.4) is 0 Å². The summed E-state index contributed by atoms with van der Waals surface area (Å²) >= 11 is 12.0. The van der Waals surface area contributed by atoms with Crippen LogP contribution in [0.1, 0.15) is 70.8 Å². The molecule has 1 amide bonds. The van der Waals surface area contributed by atoms with Gasteiger partial charge in [-0.1, -0.05) is 81.6 Å². The Bertz CT molecular complexity index is 531. The summed E-state index contributed by atoms with van der Waals surface area (Å²) in [6, 6.07) is 5.40. The van der Waals surface area contributed by atoms with E-state index in [9.17, 15) is 4.79 Å². The topological polar surface area (TPSA) is 20.3 Å². The zero-order chi connectivity index (χ0) is 18.5. The van der Waals surface area contributed by atoms with Crippen molar-refractivity contribution in [1.29, 1.82) is 0 Å². The highest BCUT2D eigenvalue weighted by atomic mass is 35.5. The van der Waals surface area contributed by atoms with Crippen LogP contribution in [0.2, 0.25) is 10.0 Å². The van der Waals surface area contributed by atoms with E-state index in [2.05, 4.69) is 13.8 Å². The number of hydrogen-bond donors (Lipinski definition) is 0. The summed E-state index contributed by atoms with van der Waals surface area (Å²) in [6.45, 7) is 6.09. The van der Waals surface area contributed by atoms with Crippen molar-refractivity contribution < 1.29 is 4.79 Å². The number of carbonyl (C=O) groups is 1. The first-order valence-electron chi connectivity index (χ1n) is 9.50. The zero-order valence-electron chi connectivity index (χ0n) is 15.6. The van der Waals surface area contributed by atoms with Crippen molar-refractivity contribution in [2.24, 2.45) is 0 Å². The average Bonchev–Trinajstić information content (AvgIpc) is 2.61. The van der Waals surface area contributed by atoms with Crippen molar-refractivity contribution in [3.8, 4) is 0 Å². The van der Waals surface area contributed by atoms with Crippen LogP contribution in [-0.2, 0) is 4.79 Å². The molecule has 0 aromatic heterocycles. The van der Waals surface area contributed by atoms with Crippen LogP contribution in [0.25, 0.3) is 6.08 Å². The maximum Gasteiger partial charge on any atom is 0.246 e. The van der Waals surface area contributed by atoms with Crippen LogP contribution >= 0.6 is 23.2 Å². The Morgan fingerprint density at radius 2 is 1.52 bits per heavy atom. The van der Waals surface area contributed by atoms with Gasteiger partial charge in [-0.15, -0.1) is 0 Å². The molecule has 0 fully saturated rings. The molecular formula is C21H31Cl2NO. The Balaban J connectivity index is 2.61. The SMILES string of the molecule is CCCCCCN(CCCCCC)C(=O)/C=C/c1ccc(Cl)c(Cl)c1. The predicted octanol–water partition coefficient (Wildman–Crippen LogP) is 7.00. The monoisotopic (exact) mass is 383 g/mol. The van der Waals surface area contributed by atoms with E-state index in [1.807, 2.05) is 17.0 Å². The van der Waals surface area contributed by atoms with Crippen molar-refractivity contribution in [3.05, 3.63) is 39.9 Å². The lowest BCUT2D eigenvalue weighted by Gasteiger charge is -2.21. The predicted molar refractivity (Wildman–Crippen MR) is 110 cm³/mol. The molecule has 0 heterocycles. The van der Waals surface area contributed by atoms with E-state index in [4.69, 9.17) is 23.2 Å². The Labute approximate surface area is 163 Å². The molecule has 1 aromatic carbocycles. The molecule has 0 unspecified atom stereocenters. The normalized spacial score (nSPS) is 11.2. The van der Waals surface area contributed by atoms with Crippen LogP contribution < -0.4 is 0 Å². The molecule has 140 valence electrons. The van der Waals surface area contributed by atoms with E-state index in [-0.39, 0.29) is 5.91 Å². The molecule has 0 saturated carbocycles. The van der Waals surface area contributed by atoms with Crippen molar-refractivity contribution in [2.45, 2.75) is 65.2 Å². The van der Waals surface area contributed by atoms with Gasteiger partial charge in [-0.25, -0.2) is 0 Å². The first-order valence-corrected chi connectivity index (χ1v) is 10.3. The lowest BCUT2D eigenvalue weighted by molar-refractivity contribution is -0.126. The second-order valence-corrected chi connectivity index (χ2v) is 7.27. The molecule has 0 N–H and O–H groups in total. The molecule has 0 aliphatic heterocycles. The molecule has 0 aliphatic rings. The highest BCUT2D eigenvalue weighted by Gasteiger charge is 2.10. The summed E-state index contributed by atoms with van der Waals surface area (Å²) in [6.07, 6.45) is 12.9. The zero-order valence-corrected chi connectivity index (χ0v) is 17.1. The van der Waals surface area contributed by atoms with E-state index in [0.717, 1.165) is 31.5 Å². The van der Waals surface area contributed by atoms with Crippen LogP contribution in [0.4, 0.5) is 0 Å². The van der Waals surface area contributed by atoms with Gasteiger partial charge >= 0.3 is 0 Å². The number of rotatable bonds is 12. The van der Waals surface area contributed by atoms with Gasteiger partial charge in [0.15, 0.2) is 0 Å². The Morgan fingerprint density at radius 1 is 0.920 bits per heavy atom. The Kier molecular flexibility index (Phi) is 11.7. The molecule has 0 spiro atoms. The lowest BCUT2D eigenvalue weighted by atomic mass is 10.1. The first-order chi connectivity index (χ1) is 12.1. The summed E-state index contributed by atoms with van der Waals surface area (Å²) < 4.78 is 0. The molecule has 0 radical (unpaired) electrons. The van der Waals surface area contributed by atoms with Gasteiger partial charge in [0.2, 0.25) is 5.91 Å². The number of amides is 1. The largest absolute Gasteiger partial charge is 0.339 e. The second-order valence-electron chi connectivity index (χ2n) is 6.45. The number of nitrogens with zero attached hydrogens (tertiary/aromatic N) is 1. The van der Waals surface area contributed by atoms with Gasteiger partial charge in [-0.3, -0.25) is 4.79 Å². The van der Waals surface area contributed by atoms with E-state index in [1.165, 1.54) is 38.5 Å². The van der Waals surface area contributed by atoms with Gasteiger partial charge in [0.1, 0.15) is 0 Å². The van der Waals surface area contributed by atoms with Crippen molar-refractivity contribution in [2.75, 3.05) is 13.1 Å². The number of unbranched alkanes of at least 4 members (excludes halogenated alkanes) is 6. The molecule has 0 bridgehead atoms. The average molecular weight is 384 g/mol. The van der Waals surface area contributed by atoms with Gasteiger partial charge < -0.3 is 4.90 Å². The maximum absolute atomic E-state index is 12.6. The van der Waals surface area contributed by atoms with Crippen LogP contribution in [-0.4, -0.2) is 23.9 Å². The van der Waals surface area contributed by atoms with Gasteiger partial charge in [-0.05, 0) is 36.6 Å². The van der Waals surface area contributed by atoms with E-state index < -0.39 is 0 Å². The van der Waals surface area contributed by atoms with E-state index in [1.54, 1.807) is 18.2 Å². The first kappa shape index (κ1) is 22.1. The van der Waals surface area contributed by atoms with E-state index in [0.29, 0.717) is 10.0 Å². The van der Waals surface area contributed by atoms with Crippen molar-refractivity contribution in [3.63, 3.8) is 0 Å². The molecular weight excluding hydrogens is 353 g/mol. The molecule has 0 saturated heterocycles. The van der Waals surface area contributed by atoms with E-state index >= 15 is 0 Å². The van der Waals surface area contributed by atoms with Crippen molar-refractivity contribution in [1.82, 2.24) is 4.90 Å². The lowest BCUT2D eigenvalue weighted by Crippen LogP contribution is -2.31. The minimum Gasteiger partial charge on any atom is -0.339 e. The van der Waals surface area contributed by atoms with Crippen LogP contribution in [0.5, 0.6) is 0 Å².